The molecule has 0 unspecified atom stereocenters. The van der Waals surface area contributed by atoms with Crippen molar-refractivity contribution in [1.29, 1.82) is 0 Å². The molecule has 0 atom stereocenters. The molecule has 3 heterocycles. The first-order chi connectivity index (χ1) is 14.8. The van der Waals surface area contributed by atoms with Gasteiger partial charge >= 0.3 is 0 Å². The predicted molar refractivity (Wildman–Crippen MR) is 115 cm³/mol. The molecule has 1 amide bonds. The van der Waals surface area contributed by atoms with E-state index in [1.165, 1.54) is 17.0 Å². The van der Waals surface area contributed by atoms with Gasteiger partial charge in [-0.05, 0) is 43.7 Å². The summed E-state index contributed by atoms with van der Waals surface area (Å²) in [6, 6.07) is 9.34. The SMILES string of the molecule is CC1(C)C=C(CN2CCN(c3ccccc3F)CC2)c2cc(F)cc3c2N1C(=O)C3=O. The molecule has 0 aromatic heterocycles. The van der Waals surface area contributed by atoms with E-state index in [-0.39, 0.29) is 11.4 Å². The maximum Gasteiger partial charge on any atom is 0.300 e. The molecule has 0 spiro atoms. The number of anilines is 2. The molecule has 31 heavy (non-hydrogen) atoms. The molecule has 1 saturated heterocycles. The first-order valence-corrected chi connectivity index (χ1v) is 10.4. The monoisotopic (exact) mass is 423 g/mol. The molecule has 3 aliphatic rings. The van der Waals surface area contributed by atoms with Crippen molar-refractivity contribution in [1.82, 2.24) is 4.90 Å². The van der Waals surface area contributed by atoms with Gasteiger partial charge in [0.15, 0.2) is 0 Å². The number of rotatable bonds is 3. The van der Waals surface area contributed by atoms with Gasteiger partial charge in [-0.1, -0.05) is 18.2 Å². The third kappa shape index (κ3) is 3.15. The lowest BCUT2D eigenvalue weighted by Crippen LogP contribution is -2.50. The highest BCUT2D eigenvalue weighted by molar-refractivity contribution is 6.53. The summed E-state index contributed by atoms with van der Waals surface area (Å²) in [5, 5.41) is 0. The first-order valence-electron chi connectivity index (χ1n) is 10.4. The van der Waals surface area contributed by atoms with Crippen LogP contribution in [0.4, 0.5) is 20.2 Å². The van der Waals surface area contributed by atoms with E-state index in [1.807, 2.05) is 30.9 Å². The fourth-order valence-electron chi connectivity index (χ4n) is 4.92. The Morgan fingerprint density at radius 1 is 0.968 bits per heavy atom. The number of halogens is 2. The zero-order valence-electron chi connectivity index (χ0n) is 17.5. The topological polar surface area (TPSA) is 43.9 Å². The third-order valence-corrected chi connectivity index (χ3v) is 6.35. The highest BCUT2D eigenvalue weighted by Crippen LogP contribution is 2.45. The van der Waals surface area contributed by atoms with E-state index in [9.17, 15) is 18.4 Å². The number of hydrogen-bond donors (Lipinski definition) is 0. The molecule has 0 saturated carbocycles. The lowest BCUT2D eigenvalue weighted by Gasteiger charge is -2.41. The molecule has 0 bridgehead atoms. The number of carbonyl (C=O) groups is 2. The molecule has 2 aromatic rings. The van der Waals surface area contributed by atoms with Gasteiger partial charge in [-0.25, -0.2) is 8.78 Å². The van der Waals surface area contributed by atoms with Crippen molar-refractivity contribution in [3.8, 4) is 0 Å². The highest BCUT2D eigenvalue weighted by Gasteiger charge is 2.47. The molecule has 3 aliphatic heterocycles. The molecule has 160 valence electrons. The summed E-state index contributed by atoms with van der Waals surface area (Å²) in [4.78, 5) is 30.8. The van der Waals surface area contributed by atoms with Gasteiger partial charge in [0.05, 0.1) is 22.5 Å². The average Bonchev–Trinajstić information content (AvgIpc) is 2.99. The quantitative estimate of drug-likeness (QED) is 0.709. The lowest BCUT2D eigenvalue weighted by molar-refractivity contribution is -0.115. The Kier molecular flexibility index (Phi) is 4.48. The van der Waals surface area contributed by atoms with E-state index in [4.69, 9.17) is 0 Å². The van der Waals surface area contributed by atoms with Gasteiger partial charge in [0.1, 0.15) is 11.6 Å². The number of ketones is 1. The minimum absolute atomic E-state index is 0.142. The maximum absolute atomic E-state index is 14.3. The van der Waals surface area contributed by atoms with Crippen molar-refractivity contribution in [2.24, 2.45) is 0 Å². The largest absolute Gasteiger partial charge is 0.367 e. The minimum Gasteiger partial charge on any atom is -0.367 e. The van der Waals surface area contributed by atoms with Crippen molar-refractivity contribution in [3.05, 3.63) is 65.2 Å². The van der Waals surface area contributed by atoms with Gasteiger partial charge in [-0.2, -0.15) is 0 Å². The van der Waals surface area contributed by atoms with Crippen molar-refractivity contribution < 1.29 is 18.4 Å². The van der Waals surface area contributed by atoms with Crippen LogP contribution in [0.2, 0.25) is 0 Å². The standard InChI is InChI=1S/C24H23F2N3O2/c1-24(2)13-15(17-11-16(25)12-18-21(17)29(24)23(31)22(18)30)14-27-7-9-28(10-8-27)20-6-4-3-5-19(20)26/h3-6,11-13H,7-10,14H2,1-2H3. The van der Waals surface area contributed by atoms with Crippen LogP contribution in [-0.4, -0.2) is 54.9 Å². The van der Waals surface area contributed by atoms with E-state index in [1.54, 1.807) is 12.1 Å². The Morgan fingerprint density at radius 2 is 1.65 bits per heavy atom. The summed E-state index contributed by atoms with van der Waals surface area (Å²) >= 11 is 0. The normalized spacial score (nSPS) is 20.2. The van der Waals surface area contributed by atoms with Gasteiger partial charge < -0.3 is 4.90 Å². The van der Waals surface area contributed by atoms with Crippen LogP contribution in [0.1, 0.15) is 29.8 Å². The number of nitrogens with zero attached hydrogens (tertiary/aromatic N) is 3. The van der Waals surface area contributed by atoms with Crippen LogP contribution in [0.3, 0.4) is 0 Å². The van der Waals surface area contributed by atoms with Crippen molar-refractivity contribution in [2.45, 2.75) is 19.4 Å². The van der Waals surface area contributed by atoms with Crippen molar-refractivity contribution in [3.63, 3.8) is 0 Å². The average molecular weight is 423 g/mol. The summed E-state index contributed by atoms with van der Waals surface area (Å²) in [6.45, 7) is 7.16. The van der Waals surface area contributed by atoms with Crippen LogP contribution < -0.4 is 9.80 Å². The van der Waals surface area contributed by atoms with E-state index in [0.29, 0.717) is 36.6 Å². The number of Topliss-reactive ketones (excluding diaryl/α,β-unsaturated/α-hetero) is 1. The summed E-state index contributed by atoms with van der Waals surface area (Å²) in [6.07, 6.45) is 1.96. The molecular weight excluding hydrogens is 400 g/mol. The second-order valence-electron chi connectivity index (χ2n) is 8.86. The molecule has 2 aromatic carbocycles. The van der Waals surface area contributed by atoms with E-state index in [0.717, 1.165) is 24.7 Å². The summed E-state index contributed by atoms with van der Waals surface area (Å²) in [5.74, 6) is -2.01. The number of amides is 1. The lowest BCUT2D eigenvalue weighted by atomic mass is 9.88. The Morgan fingerprint density at radius 3 is 2.35 bits per heavy atom. The van der Waals surface area contributed by atoms with Gasteiger partial charge in [-0.3, -0.25) is 19.4 Å². The van der Waals surface area contributed by atoms with E-state index >= 15 is 0 Å². The molecule has 0 aliphatic carbocycles. The summed E-state index contributed by atoms with van der Waals surface area (Å²) < 4.78 is 28.4. The molecule has 0 radical (unpaired) electrons. The smallest absolute Gasteiger partial charge is 0.300 e. The zero-order valence-corrected chi connectivity index (χ0v) is 17.5. The highest BCUT2D eigenvalue weighted by atomic mass is 19.1. The van der Waals surface area contributed by atoms with Crippen LogP contribution in [0.5, 0.6) is 0 Å². The number of hydrogen-bond acceptors (Lipinski definition) is 4. The first kappa shape index (κ1) is 19.9. The van der Waals surface area contributed by atoms with Crippen LogP contribution in [0.25, 0.3) is 5.57 Å². The number of para-hydroxylation sites is 1. The van der Waals surface area contributed by atoms with Crippen LogP contribution in [0.15, 0.2) is 42.5 Å². The van der Waals surface area contributed by atoms with Gasteiger partial charge in [0.2, 0.25) is 0 Å². The Labute approximate surface area is 179 Å². The van der Waals surface area contributed by atoms with Gasteiger partial charge in [0, 0.05) is 38.3 Å². The summed E-state index contributed by atoms with van der Waals surface area (Å²) in [7, 11) is 0. The van der Waals surface area contributed by atoms with Crippen LogP contribution >= 0.6 is 0 Å². The molecule has 5 rings (SSSR count). The third-order valence-electron chi connectivity index (χ3n) is 6.35. The van der Waals surface area contributed by atoms with Crippen LogP contribution in [-0.2, 0) is 4.79 Å². The minimum atomic E-state index is -0.687. The van der Waals surface area contributed by atoms with Gasteiger partial charge in [0.25, 0.3) is 11.7 Å². The zero-order chi connectivity index (χ0) is 21.9. The Balaban J connectivity index is 1.41. The number of benzene rings is 2. The molecule has 0 N–H and O–H groups in total. The summed E-state index contributed by atoms with van der Waals surface area (Å²) in [5.41, 5.74) is 2.08. The number of carbonyl (C=O) groups excluding carboxylic acids is 2. The van der Waals surface area contributed by atoms with Gasteiger partial charge in [-0.15, -0.1) is 0 Å². The Bertz CT molecular complexity index is 1130. The van der Waals surface area contributed by atoms with Crippen molar-refractivity contribution >= 4 is 28.6 Å². The predicted octanol–water partition coefficient (Wildman–Crippen LogP) is 3.49. The van der Waals surface area contributed by atoms with E-state index in [2.05, 4.69) is 4.90 Å². The molecular formula is C24H23F2N3O2. The molecule has 7 heteroatoms. The maximum atomic E-state index is 14.3. The van der Waals surface area contributed by atoms with Crippen LogP contribution in [0, 0.1) is 11.6 Å². The molecule has 5 nitrogen and oxygen atoms in total. The second kappa shape index (κ2) is 6.99. The second-order valence-corrected chi connectivity index (χ2v) is 8.86. The molecule has 1 fully saturated rings. The fourth-order valence-corrected chi connectivity index (χ4v) is 4.92. The van der Waals surface area contributed by atoms with E-state index < -0.39 is 23.0 Å². The Hall–Kier alpha value is -3.06. The fraction of sp³-hybridized carbons (Fsp3) is 0.333. The van der Waals surface area contributed by atoms with Crippen molar-refractivity contribution in [2.75, 3.05) is 42.5 Å². The number of piperazine rings is 1.